The molecule has 1 aromatic rings. The van der Waals surface area contributed by atoms with Crippen LogP contribution in [0.2, 0.25) is 0 Å². The molecule has 1 aromatic carbocycles. The number of ether oxygens (including phenoxy) is 1. The van der Waals surface area contributed by atoms with Crippen molar-refractivity contribution in [1.82, 2.24) is 15.5 Å². The van der Waals surface area contributed by atoms with E-state index in [0.29, 0.717) is 19.0 Å². The number of piperidine rings is 1. The molecule has 1 fully saturated rings. The van der Waals surface area contributed by atoms with Crippen molar-refractivity contribution >= 4 is 17.9 Å². The molecule has 2 bridgehead atoms. The predicted molar refractivity (Wildman–Crippen MR) is 105 cm³/mol. The van der Waals surface area contributed by atoms with Gasteiger partial charge < -0.3 is 20.3 Å². The lowest BCUT2D eigenvalue weighted by atomic mass is 9.88. The summed E-state index contributed by atoms with van der Waals surface area (Å²) in [5, 5.41) is 5.37. The van der Waals surface area contributed by atoms with Crippen molar-refractivity contribution in [2.45, 2.75) is 64.1 Å². The minimum absolute atomic E-state index is 0.0903. The number of amides is 3. The lowest BCUT2D eigenvalue weighted by Crippen LogP contribution is -2.50. The molecular formula is C21H29N3O4. The monoisotopic (exact) mass is 387 g/mol. The van der Waals surface area contributed by atoms with E-state index in [9.17, 15) is 14.4 Å². The van der Waals surface area contributed by atoms with Crippen LogP contribution in [0.4, 0.5) is 4.79 Å². The van der Waals surface area contributed by atoms with Crippen LogP contribution in [0.15, 0.2) is 24.3 Å². The fraction of sp³-hybridized carbons (Fsp3) is 0.571. The number of benzene rings is 1. The zero-order valence-electron chi connectivity index (χ0n) is 17.0. The van der Waals surface area contributed by atoms with Crippen LogP contribution in [0, 0.1) is 0 Å². The molecule has 1 saturated heterocycles. The molecule has 0 saturated carbocycles. The summed E-state index contributed by atoms with van der Waals surface area (Å²) in [7, 11) is 0. The van der Waals surface area contributed by atoms with Gasteiger partial charge in [0.25, 0.3) is 0 Å². The van der Waals surface area contributed by atoms with Crippen LogP contribution in [-0.4, -0.2) is 47.5 Å². The van der Waals surface area contributed by atoms with Crippen molar-refractivity contribution in [2.75, 3.05) is 13.1 Å². The van der Waals surface area contributed by atoms with Gasteiger partial charge in [0.2, 0.25) is 11.8 Å². The Morgan fingerprint density at radius 1 is 1.21 bits per heavy atom. The Kier molecular flexibility index (Phi) is 5.63. The summed E-state index contributed by atoms with van der Waals surface area (Å²) >= 11 is 0. The number of hydrogen-bond acceptors (Lipinski definition) is 4. The Morgan fingerprint density at radius 2 is 1.89 bits per heavy atom. The van der Waals surface area contributed by atoms with Gasteiger partial charge in [-0.1, -0.05) is 24.3 Å². The topological polar surface area (TPSA) is 87.7 Å². The first kappa shape index (κ1) is 20.2. The lowest BCUT2D eigenvalue weighted by molar-refractivity contribution is -0.137. The smallest absolute Gasteiger partial charge is 0.408 e. The molecule has 28 heavy (non-hydrogen) atoms. The maximum Gasteiger partial charge on any atom is 0.408 e. The highest BCUT2D eigenvalue weighted by atomic mass is 16.6. The first-order valence-electron chi connectivity index (χ1n) is 9.83. The van der Waals surface area contributed by atoms with Gasteiger partial charge in [0, 0.05) is 19.0 Å². The number of rotatable bonds is 3. The van der Waals surface area contributed by atoms with E-state index >= 15 is 0 Å². The molecule has 2 N–H and O–H groups in total. The van der Waals surface area contributed by atoms with Gasteiger partial charge in [0.1, 0.15) is 17.7 Å². The molecule has 2 aliphatic heterocycles. The molecule has 2 heterocycles. The third kappa shape index (κ3) is 4.46. The molecule has 3 rings (SSSR count). The Morgan fingerprint density at radius 3 is 2.57 bits per heavy atom. The number of carbonyl (C=O) groups excluding carboxylic acids is 3. The molecule has 7 nitrogen and oxygen atoms in total. The van der Waals surface area contributed by atoms with Crippen molar-refractivity contribution in [3.8, 4) is 0 Å². The number of fused-ring (bicyclic) bond motifs is 4. The van der Waals surface area contributed by atoms with E-state index in [4.69, 9.17) is 4.74 Å². The van der Waals surface area contributed by atoms with Gasteiger partial charge in [-0.15, -0.1) is 0 Å². The zero-order chi connectivity index (χ0) is 20.5. The maximum absolute atomic E-state index is 13.1. The van der Waals surface area contributed by atoms with Crippen LogP contribution in [0.3, 0.4) is 0 Å². The summed E-state index contributed by atoms with van der Waals surface area (Å²) in [6.45, 7) is 8.24. The van der Waals surface area contributed by atoms with E-state index in [1.54, 1.807) is 27.7 Å². The largest absolute Gasteiger partial charge is 0.444 e. The van der Waals surface area contributed by atoms with Crippen LogP contribution in [0.1, 0.15) is 63.6 Å². The summed E-state index contributed by atoms with van der Waals surface area (Å²) in [6, 6.07) is 6.25. The Labute approximate surface area is 165 Å². The van der Waals surface area contributed by atoms with Gasteiger partial charge in [-0.2, -0.15) is 0 Å². The first-order chi connectivity index (χ1) is 13.2. The molecule has 152 valence electrons. The molecular weight excluding hydrogens is 358 g/mol. The highest BCUT2D eigenvalue weighted by Gasteiger charge is 2.38. The van der Waals surface area contributed by atoms with Crippen molar-refractivity contribution < 1.29 is 19.1 Å². The standard InChI is InChI=1S/C21H29N3O4/c1-13(22-20(27)28-21(2,3)4)18(25)23-17-16-10-6-5-9-15(16)14-8-7-11-24(12-14)19(17)26/h5-6,9-10,13-14,17H,7-8,11-12H2,1-4H3,(H,22,27)(H,23,25)/t13-,14?,17-/m0/s1. The van der Waals surface area contributed by atoms with Crippen LogP contribution in [-0.2, 0) is 14.3 Å². The number of alkyl carbamates (subject to hydrolysis) is 1. The first-order valence-corrected chi connectivity index (χ1v) is 9.83. The quantitative estimate of drug-likeness (QED) is 0.834. The summed E-state index contributed by atoms with van der Waals surface area (Å²) in [5.41, 5.74) is 1.32. The van der Waals surface area contributed by atoms with Gasteiger partial charge in [0.15, 0.2) is 0 Å². The van der Waals surface area contributed by atoms with Crippen molar-refractivity contribution in [3.63, 3.8) is 0 Å². The predicted octanol–water partition coefficient (Wildman–Crippen LogP) is 2.48. The SMILES string of the molecule is C[C@H](NC(=O)OC(C)(C)C)C(=O)N[C@@H]1C(=O)N2CCCC(C2)c2ccccc21. The zero-order valence-corrected chi connectivity index (χ0v) is 17.0. The normalized spacial score (nSPS) is 22.6. The van der Waals surface area contributed by atoms with E-state index in [2.05, 4.69) is 10.6 Å². The molecule has 3 amide bonds. The van der Waals surface area contributed by atoms with E-state index in [-0.39, 0.29) is 5.91 Å². The maximum atomic E-state index is 13.1. The van der Waals surface area contributed by atoms with E-state index in [0.717, 1.165) is 24.0 Å². The lowest BCUT2D eigenvalue weighted by Gasteiger charge is -2.31. The van der Waals surface area contributed by atoms with Gasteiger partial charge in [0.05, 0.1) is 0 Å². The number of nitrogens with zero attached hydrogens (tertiary/aromatic N) is 1. The molecule has 7 heteroatoms. The fourth-order valence-corrected chi connectivity index (χ4v) is 3.85. The molecule has 0 spiro atoms. The van der Waals surface area contributed by atoms with Crippen LogP contribution in [0.5, 0.6) is 0 Å². The summed E-state index contributed by atoms with van der Waals surface area (Å²) in [5.74, 6) is -0.211. The fourth-order valence-electron chi connectivity index (χ4n) is 3.85. The second-order valence-electron chi connectivity index (χ2n) is 8.56. The molecule has 0 aliphatic carbocycles. The Hall–Kier alpha value is -2.57. The summed E-state index contributed by atoms with van der Waals surface area (Å²) < 4.78 is 5.20. The van der Waals surface area contributed by atoms with E-state index in [1.165, 1.54) is 0 Å². The van der Waals surface area contributed by atoms with Crippen molar-refractivity contribution in [2.24, 2.45) is 0 Å². The minimum atomic E-state index is -0.826. The molecule has 0 aromatic heterocycles. The number of hydrogen-bond donors (Lipinski definition) is 2. The Balaban J connectivity index is 1.76. The second-order valence-corrected chi connectivity index (χ2v) is 8.56. The average molecular weight is 387 g/mol. The highest BCUT2D eigenvalue weighted by molar-refractivity contribution is 5.92. The average Bonchev–Trinajstić information content (AvgIpc) is 2.70. The Bertz CT molecular complexity index is 771. The van der Waals surface area contributed by atoms with Crippen LogP contribution >= 0.6 is 0 Å². The number of carbonyl (C=O) groups is 3. The van der Waals surface area contributed by atoms with Gasteiger partial charge in [-0.25, -0.2) is 4.79 Å². The molecule has 2 aliphatic rings. The highest BCUT2D eigenvalue weighted by Crippen LogP contribution is 2.36. The molecule has 3 atom stereocenters. The van der Waals surface area contributed by atoms with Crippen molar-refractivity contribution in [1.29, 1.82) is 0 Å². The number of nitrogens with one attached hydrogen (secondary N) is 2. The molecule has 1 unspecified atom stereocenters. The van der Waals surface area contributed by atoms with E-state index < -0.39 is 29.7 Å². The van der Waals surface area contributed by atoms with Crippen molar-refractivity contribution in [3.05, 3.63) is 35.4 Å². The van der Waals surface area contributed by atoms with E-state index in [1.807, 2.05) is 29.2 Å². The van der Waals surface area contributed by atoms with Gasteiger partial charge in [-0.05, 0) is 51.7 Å². The van der Waals surface area contributed by atoms with Crippen LogP contribution in [0.25, 0.3) is 0 Å². The van der Waals surface area contributed by atoms with Gasteiger partial charge >= 0.3 is 6.09 Å². The second kappa shape index (κ2) is 7.81. The third-order valence-corrected chi connectivity index (χ3v) is 5.14. The minimum Gasteiger partial charge on any atom is -0.444 e. The third-order valence-electron chi connectivity index (χ3n) is 5.14. The van der Waals surface area contributed by atoms with Crippen LogP contribution < -0.4 is 10.6 Å². The summed E-state index contributed by atoms with van der Waals surface area (Å²) in [4.78, 5) is 39.6. The summed E-state index contributed by atoms with van der Waals surface area (Å²) in [6.07, 6.45) is 1.34. The molecule has 0 radical (unpaired) electrons. The van der Waals surface area contributed by atoms with Gasteiger partial charge in [-0.3, -0.25) is 9.59 Å².